The van der Waals surface area contributed by atoms with Crippen molar-refractivity contribution in [2.45, 2.75) is 6.42 Å². The van der Waals surface area contributed by atoms with E-state index in [0.717, 1.165) is 34.1 Å². The van der Waals surface area contributed by atoms with Crippen molar-refractivity contribution in [3.05, 3.63) is 77.0 Å². The molecule has 8 heteroatoms. The van der Waals surface area contributed by atoms with E-state index in [1.165, 1.54) is 18.2 Å². The van der Waals surface area contributed by atoms with Crippen LogP contribution in [0.4, 0.5) is 15.9 Å². The molecule has 5 rings (SSSR count). The van der Waals surface area contributed by atoms with Gasteiger partial charge >= 0.3 is 5.63 Å². The molecule has 0 aliphatic carbocycles. The number of quaternary nitrogens is 1. The second-order valence-corrected chi connectivity index (χ2v) is 8.51. The predicted molar refractivity (Wildman–Crippen MR) is 126 cm³/mol. The lowest BCUT2D eigenvalue weighted by molar-refractivity contribution is -1.10. The van der Waals surface area contributed by atoms with Crippen molar-refractivity contribution >= 4 is 33.2 Å². The molecule has 1 aliphatic rings. The van der Waals surface area contributed by atoms with E-state index in [-0.39, 0.29) is 16.1 Å². The summed E-state index contributed by atoms with van der Waals surface area (Å²) in [6, 6.07) is 15.5. The average Bonchev–Trinajstić information content (AvgIpc) is 2.82. The second-order valence-electron chi connectivity index (χ2n) is 8.51. The number of rotatable bonds is 6. The lowest BCUT2D eigenvalue weighted by Crippen LogP contribution is -2.58. The molecule has 0 amide bonds. The Morgan fingerprint density at radius 1 is 1.09 bits per heavy atom. The summed E-state index contributed by atoms with van der Waals surface area (Å²) in [7, 11) is 0. The van der Waals surface area contributed by atoms with Gasteiger partial charge in [0.25, 0.3) is 0 Å². The standard InChI is InChI=1S/C25H25FN4O3/c26-19-7-6-18-8-10-28-25(21(18)16-19)29-11-14-30(32,15-12-29)13-3-9-27-22-17-24(31)33-23-5-2-1-4-20(22)23/h1-2,4-8,10,16-17,32H,3,9,11-15H2/p+1. The van der Waals surface area contributed by atoms with Crippen LogP contribution in [0.3, 0.4) is 0 Å². The van der Waals surface area contributed by atoms with Gasteiger partial charge < -0.3 is 14.6 Å². The summed E-state index contributed by atoms with van der Waals surface area (Å²) >= 11 is 0. The number of para-hydroxylation sites is 1. The van der Waals surface area contributed by atoms with Crippen molar-refractivity contribution in [2.24, 2.45) is 0 Å². The molecule has 0 unspecified atom stereocenters. The number of hydrogen-bond donors (Lipinski definition) is 2. The van der Waals surface area contributed by atoms with Gasteiger partial charge in [0, 0.05) is 36.0 Å². The van der Waals surface area contributed by atoms with Crippen molar-refractivity contribution < 1.29 is 18.7 Å². The van der Waals surface area contributed by atoms with Gasteiger partial charge in [-0.05, 0) is 35.7 Å². The molecular formula is C25H26FN4O3+. The first-order valence-corrected chi connectivity index (χ1v) is 11.2. The molecule has 0 saturated carbocycles. The first-order chi connectivity index (χ1) is 16.0. The Bertz CT molecular complexity index is 1350. The molecule has 1 aliphatic heterocycles. The van der Waals surface area contributed by atoms with Gasteiger partial charge in [-0.1, -0.05) is 18.2 Å². The van der Waals surface area contributed by atoms with Crippen LogP contribution in [0.2, 0.25) is 0 Å². The highest BCUT2D eigenvalue weighted by atomic mass is 19.1. The van der Waals surface area contributed by atoms with Gasteiger partial charge in [-0.2, -0.15) is 4.65 Å². The summed E-state index contributed by atoms with van der Waals surface area (Å²) < 4.78 is 19.0. The summed E-state index contributed by atoms with van der Waals surface area (Å²) in [5.41, 5.74) is 0.904. The molecule has 7 nitrogen and oxygen atoms in total. The Balaban J connectivity index is 1.19. The molecule has 2 aromatic heterocycles. The van der Waals surface area contributed by atoms with E-state index in [9.17, 15) is 14.4 Å². The zero-order chi connectivity index (χ0) is 22.8. The van der Waals surface area contributed by atoms with Crippen LogP contribution in [0.25, 0.3) is 21.7 Å². The Hall–Kier alpha value is -3.49. The van der Waals surface area contributed by atoms with E-state index >= 15 is 0 Å². The predicted octanol–water partition coefficient (Wildman–Crippen LogP) is 4.01. The van der Waals surface area contributed by atoms with Crippen molar-refractivity contribution in [3.63, 3.8) is 0 Å². The molecule has 0 bridgehead atoms. The largest absolute Gasteiger partial charge is 0.423 e. The van der Waals surface area contributed by atoms with Gasteiger partial charge in [-0.15, -0.1) is 0 Å². The molecule has 33 heavy (non-hydrogen) atoms. The van der Waals surface area contributed by atoms with E-state index < -0.39 is 0 Å². The van der Waals surface area contributed by atoms with Crippen LogP contribution < -0.4 is 15.8 Å². The van der Waals surface area contributed by atoms with Crippen molar-refractivity contribution in [2.75, 3.05) is 49.5 Å². The number of piperazine rings is 1. The monoisotopic (exact) mass is 449 g/mol. The van der Waals surface area contributed by atoms with E-state index in [0.29, 0.717) is 44.9 Å². The van der Waals surface area contributed by atoms with Crippen LogP contribution in [0.15, 0.2) is 70.0 Å². The van der Waals surface area contributed by atoms with E-state index in [1.54, 1.807) is 18.3 Å². The summed E-state index contributed by atoms with van der Waals surface area (Å²) in [6.07, 6.45) is 2.48. The van der Waals surface area contributed by atoms with Gasteiger partial charge in [0.05, 0.1) is 18.8 Å². The highest BCUT2D eigenvalue weighted by Gasteiger charge is 2.32. The van der Waals surface area contributed by atoms with Crippen LogP contribution in [0.5, 0.6) is 0 Å². The van der Waals surface area contributed by atoms with Gasteiger partial charge in [0.1, 0.15) is 36.9 Å². The highest BCUT2D eigenvalue weighted by Crippen LogP contribution is 2.27. The maximum atomic E-state index is 13.8. The molecule has 0 radical (unpaired) electrons. The van der Waals surface area contributed by atoms with E-state index in [4.69, 9.17) is 4.42 Å². The molecule has 170 valence electrons. The number of nitrogens with zero attached hydrogens (tertiary/aromatic N) is 3. The maximum absolute atomic E-state index is 13.8. The minimum Gasteiger partial charge on any atom is -0.423 e. The minimum atomic E-state index is -0.389. The summed E-state index contributed by atoms with van der Waals surface area (Å²) in [6.45, 7) is 3.62. The smallest absolute Gasteiger partial charge is 0.338 e. The average molecular weight is 450 g/mol. The number of anilines is 2. The number of halogens is 1. The topological polar surface area (TPSA) is 78.6 Å². The number of hydroxylamine groups is 3. The number of aromatic nitrogens is 1. The maximum Gasteiger partial charge on any atom is 0.338 e. The minimum absolute atomic E-state index is 0.0189. The van der Waals surface area contributed by atoms with Crippen LogP contribution >= 0.6 is 0 Å². The number of nitrogens with one attached hydrogen (secondary N) is 1. The van der Waals surface area contributed by atoms with E-state index in [2.05, 4.69) is 15.2 Å². The van der Waals surface area contributed by atoms with Crippen molar-refractivity contribution in [1.29, 1.82) is 0 Å². The second kappa shape index (κ2) is 8.80. The van der Waals surface area contributed by atoms with Gasteiger partial charge in [0.15, 0.2) is 0 Å². The third-order valence-electron chi connectivity index (χ3n) is 6.30. The van der Waals surface area contributed by atoms with Crippen LogP contribution in [-0.4, -0.2) is 54.1 Å². The first-order valence-electron chi connectivity index (χ1n) is 11.2. The zero-order valence-corrected chi connectivity index (χ0v) is 18.2. The lowest BCUT2D eigenvalue weighted by Gasteiger charge is -2.39. The van der Waals surface area contributed by atoms with Gasteiger partial charge in [-0.3, -0.25) is 0 Å². The third kappa shape index (κ3) is 4.53. The number of pyridine rings is 1. The normalized spacial score (nSPS) is 15.8. The molecule has 2 aromatic carbocycles. The zero-order valence-electron chi connectivity index (χ0n) is 18.2. The van der Waals surface area contributed by atoms with Crippen LogP contribution in [0.1, 0.15) is 6.42 Å². The van der Waals surface area contributed by atoms with E-state index in [1.807, 2.05) is 24.3 Å². The third-order valence-corrected chi connectivity index (χ3v) is 6.30. The van der Waals surface area contributed by atoms with Gasteiger partial charge in [-0.25, -0.2) is 19.4 Å². The molecule has 2 N–H and O–H groups in total. The fourth-order valence-corrected chi connectivity index (χ4v) is 4.50. The summed E-state index contributed by atoms with van der Waals surface area (Å²) in [5.74, 6) is 0.479. The SMILES string of the molecule is O=c1cc(NCCC[N+]2(O)CCN(c3nccc4ccc(F)cc34)CC2)c2ccccc2o1. The Kier molecular flexibility index (Phi) is 5.70. The Morgan fingerprint density at radius 2 is 1.91 bits per heavy atom. The fourth-order valence-electron chi connectivity index (χ4n) is 4.50. The molecule has 1 saturated heterocycles. The highest BCUT2D eigenvalue weighted by molar-refractivity contribution is 5.92. The molecule has 0 spiro atoms. The molecule has 0 atom stereocenters. The molecule has 1 fully saturated rings. The van der Waals surface area contributed by atoms with Crippen molar-refractivity contribution in [3.8, 4) is 0 Å². The number of fused-ring (bicyclic) bond motifs is 2. The first kappa shape index (κ1) is 21.4. The van der Waals surface area contributed by atoms with Crippen molar-refractivity contribution in [1.82, 2.24) is 4.98 Å². The summed E-state index contributed by atoms with van der Waals surface area (Å²) in [4.78, 5) is 18.4. The van der Waals surface area contributed by atoms with Gasteiger partial charge in [0.2, 0.25) is 0 Å². The van der Waals surface area contributed by atoms with Crippen LogP contribution in [-0.2, 0) is 0 Å². The Labute approximate surface area is 190 Å². The quantitative estimate of drug-likeness (QED) is 0.263. The molecular weight excluding hydrogens is 423 g/mol. The molecule has 4 aromatic rings. The number of hydrogen-bond acceptors (Lipinski definition) is 6. The molecule has 3 heterocycles. The lowest BCUT2D eigenvalue weighted by atomic mass is 10.1. The summed E-state index contributed by atoms with van der Waals surface area (Å²) in [5, 5.41) is 17.0. The Morgan fingerprint density at radius 3 is 2.76 bits per heavy atom. The number of benzene rings is 2. The fraction of sp³-hybridized carbons (Fsp3) is 0.280. The van der Waals surface area contributed by atoms with Crippen LogP contribution in [0, 0.1) is 5.82 Å².